The largest absolute Gasteiger partial charge is 0.420 e. The molecule has 0 saturated heterocycles. The van der Waals surface area contributed by atoms with E-state index in [1.54, 1.807) is 0 Å². The Morgan fingerprint density at radius 3 is 2.25 bits per heavy atom. The quantitative estimate of drug-likeness (QED) is 0.423. The molecule has 0 atom stereocenters. The molecule has 1 aliphatic rings. The molecule has 0 fully saturated rings. The van der Waals surface area contributed by atoms with Gasteiger partial charge in [-0.05, 0) is 6.92 Å². The normalized spacial score (nSPS) is 16.5. The number of esters is 1. The second kappa shape index (κ2) is 2.77. The van der Waals surface area contributed by atoms with Crippen LogP contribution in [0.25, 0.3) is 0 Å². The molecule has 5 heteroatoms. The molecule has 1 rings (SSSR count). The highest BCUT2D eigenvalue weighted by Gasteiger charge is 2.29. The first kappa shape index (κ1) is 8.45. The Labute approximate surface area is 68.4 Å². The van der Waals surface area contributed by atoms with Crippen molar-refractivity contribution in [3.63, 3.8) is 0 Å². The smallest absolute Gasteiger partial charge is 0.308 e. The lowest BCUT2D eigenvalue weighted by atomic mass is 10.3. The second-order valence-corrected chi connectivity index (χ2v) is 2.33. The Bertz CT molecular complexity index is 303. The highest BCUT2D eigenvalue weighted by molar-refractivity contribution is 6.18. The number of imide groups is 1. The maximum absolute atomic E-state index is 10.9. The Morgan fingerprint density at radius 1 is 1.33 bits per heavy atom. The second-order valence-electron chi connectivity index (χ2n) is 2.33. The average molecular weight is 169 g/mol. The molecule has 0 radical (unpaired) electrons. The van der Waals surface area contributed by atoms with Crippen molar-refractivity contribution >= 4 is 17.8 Å². The van der Waals surface area contributed by atoms with Crippen LogP contribution in [-0.2, 0) is 19.1 Å². The Hall–Kier alpha value is -1.65. The molecule has 0 aromatic heterocycles. The molecule has 0 aliphatic carbocycles. The van der Waals surface area contributed by atoms with Gasteiger partial charge in [-0.25, -0.2) is 0 Å². The minimum absolute atomic E-state index is 0.134. The molecule has 0 aromatic rings. The van der Waals surface area contributed by atoms with Crippen LogP contribution in [-0.4, -0.2) is 17.8 Å². The van der Waals surface area contributed by atoms with Gasteiger partial charge in [0.05, 0.1) is 5.57 Å². The third-order valence-electron chi connectivity index (χ3n) is 1.36. The summed E-state index contributed by atoms with van der Waals surface area (Å²) in [5.41, 5.74) is 0.134. The fourth-order valence-corrected chi connectivity index (χ4v) is 0.794. The van der Waals surface area contributed by atoms with Crippen molar-refractivity contribution in [2.24, 2.45) is 0 Å². The predicted octanol–water partition coefficient (Wildman–Crippen LogP) is -0.520. The number of carbonyl (C=O) groups excluding carboxylic acids is 3. The topological polar surface area (TPSA) is 72.5 Å². The zero-order valence-electron chi connectivity index (χ0n) is 6.63. The molecule has 12 heavy (non-hydrogen) atoms. The van der Waals surface area contributed by atoms with Gasteiger partial charge in [-0.15, -0.1) is 0 Å². The monoisotopic (exact) mass is 169 g/mol. The molecule has 0 aromatic carbocycles. The van der Waals surface area contributed by atoms with Crippen LogP contribution in [0.5, 0.6) is 0 Å². The lowest BCUT2D eigenvalue weighted by molar-refractivity contribution is -0.140. The molecule has 1 N–H and O–H groups in total. The van der Waals surface area contributed by atoms with Crippen LogP contribution in [0.4, 0.5) is 0 Å². The van der Waals surface area contributed by atoms with Crippen LogP contribution in [0.1, 0.15) is 13.8 Å². The van der Waals surface area contributed by atoms with E-state index < -0.39 is 17.8 Å². The number of hydrogen-bond acceptors (Lipinski definition) is 4. The van der Waals surface area contributed by atoms with Gasteiger partial charge in [0.2, 0.25) is 5.76 Å². The van der Waals surface area contributed by atoms with E-state index in [-0.39, 0.29) is 11.3 Å². The van der Waals surface area contributed by atoms with Gasteiger partial charge in [0.25, 0.3) is 11.8 Å². The van der Waals surface area contributed by atoms with E-state index in [9.17, 15) is 14.4 Å². The van der Waals surface area contributed by atoms with Gasteiger partial charge >= 0.3 is 5.97 Å². The van der Waals surface area contributed by atoms with Crippen molar-refractivity contribution in [3.8, 4) is 0 Å². The number of amides is 2. The molecule has 0 spiro atoms. The van der Waals surface area contributed by atoms with Crippen LogP contribution >= 0.6 is 0 Å². The fraction of sp³-hybridized carbons (Fsp3) is 0.286. The third kappa shape index (κ3) is 1.34. The lowest BCUT2D eigenvalue weighted by Crippen LogP contribution is -2.23. The van der Waals surface area contributed by atoms with E-state index in [2.05, 4.69) is 4.74 Å². The number of nitrogens with one attached hydrogen (secondary N) is 1. The number of hydrogen-bond donors (Lipinski definition) is 1. The SMILES string of the molecule is CC(=O)OC1=C(C)C(=O)NC1=O. The summed E-state index contributed by atoms with van der Waals surface area (Å²) in [7, 11) is 0. The molecule has 0 bridgehead atoms. The standard InChI is InChI=1S/C7H7NO4/c1-3-5(12-4(2)9)7(11)8-6(3)10/h1-2H3,(H,8,10,11). The highest BCUT2D eigenvalue weighted by Crippen LogP contribution is 2.12. The minimum Gasteiger partial charge on any atom is -0.420 e. The molecule has 1 heterocycles. The first-order valence-electron chi connectivity index (χ1n) is 3.27. The van der Waals surface area contributed by atoms with Crippen molar-refractivity contribution in [1.29, 1.82) is 0 Å². The first-order valence-corrected chi connectivity index (χ1v) is 3.27. The van der Waals surface area contributed by atoms with E-state index in [0.717, 1.165) is 6.92 Å². The summed E-state index contributed by atoms with van der Waals surface area (Å²) >= 11 is 0. The molecule has 1 aliphatic heterocycles. The Kier molecular flexibility index (Phi) is 1.95. The number of rotatable bonds is 1. The van der Waals surface area contributed by atoms with Crippen LogP contribution in [0.2, 0.25) is 0 Å². The molecule has 5 nitrogen and oxygen atoms in total. The highest BCUT2D eigenvalue weighted by atomic mass is 16.5. The summed E-state index contributed by atoms with van der Waals surface area (Å²) in [5.74, 6) is -1.99. The average Bonchev–Trinajstić information content (AvgIpc) is 2.16. The van der Waals surface area contributed by atoms with Gasteiger partial charge in [0.15, 0.2) is 0 Å². The predicted molar refractivity (Wildman–Crippen MR) is 37.6 cm³/mol. The first-order chi connectivity index (χ1) is 5.52. The van der Waals surface area contributed by atoms with E-state index in [4.69, 9.17) is 0 Å². The maximum atomic E-state index is 10.9. The molecular formula is C7H7NO4. The summed E-state index contributed by atoms with van der Waals surface area (Å²) in [6, 6.07) is 0. The van der Waals surface area contributed by atoms with Gasteiger partial charge < -0.3 is 4.74 Å². The van der Waals surface area contributed by atoms with E-state index in [1.807, 2.05) is 5.32 Å². The minimum atomic E-state index is -0.660. The van der Waals surface area contributed by atoms with Gasteiger partial charge in [-0.3, -0.25) is 19.7 Å². The van der Waals surface area contributed by atoms with Crippen LogP contribution < -0.4 is 5.32 Å². The van der Waals surface area contributed by atoms with Gasteiger partial charge in [0, 0.05) is 6.92 Å². The summed E-state index contributed by atoms with van der Waals surface area (Å²) < 4.78 is 4.51. The summed E-state index contributed by atoms with van der Waals surface area (Å²) in [6.07, 6.45) is 0. The molecular weight excluding hydrogens is 162 g/mol. The molecule has 0 saturated carbocycles. The van der Waals surface area contributed by atoms with Crippen LogP contribution in [0, 0.1) is 0 Å². The summed E-state index contributed by atoms with van der Waals surface area (Å²) in [4.78, 5) is 32.1. The zero-order chi connectivity index (χ0) is 9.30. The van der Waals surface area contributed by atoms with Crippen LogP contribution in [0.3, 0.4) is 0 Å². The Morgan fingerprint density at radius 2 is 1.92 bits per heavy atom. The van der Waals surface area contributed by atoms with Gasteiger partial charge in [0.1, 0.15) is 0 Å². The number of ether oxygens (including phenoxy) is 1. The summed E-state index contributed by atoms with van der Waals surface area (Å²) in [6.45, 7) is 2.58. The van der Waals surface area contributed by atoms with Crippen molar-refractivity contribution < 1.29 is 19.1 Å². The Balaban J connectivity index is 2.93. The molecule has 2 amide bonds. The zero-order valence-corrected chi connectivity index (χ0v) is 6.63. The molecule has 64 valence electrons. The van der Waals surface area contributed by atoms with Crippen LogP contribution in [0.15, 0.2) is 11.3 Å². The van der Waals surface area contributed by atoms with Crippen molar-refractivity contribution in [2.45, 2.75) is 13.8 Å². The fourth-order valence-electron chi connectivity index (χ4n) is 0.794. The van der Waals surface area contributed by atoms with Gasteiger partial charge in [-0.1, -0.05) is 0 Å². The van der Waals surface area contributed by atoms with E-state index >= 15 is 0 Å². The third-order valence-corrected chi connectivity index (χ3v) is 1.36. The number of carbonyl (C=O) groups is 3. The summed E-state index contributed by atoms with van der Waals surface area (Å²) in [5, 5.41) is 1.99. The van der Waals surface area contributed by atoms with E-state index in [0.29, 0.717) is 0 Å². The van der Waals surface area contributed by atoms with E-state index in [1.165, 1.54) is 6.92 Å². The van der Waals surface area contributed by atoms with Crippen molar-refractivity contribution in [3.05, 3.63) is 11.3 Å². The van der Waals surface area contributed by atoms with Crippen molar-refractivity contribution in [1.82, 2.24) is 5.32 Å². The van der Waals surface area contributed by atoms with Crippen molar-refractivity contribution in [2.75, 3.05) is 0 Å². The maximum Gasteiger partial charge on any atom is 0.308 e. The van der Waals surface area contributed by atoms with Gasteiger partial charge in [-0.2, -0.15) is 0 Å². The lowest BCUT2D eigenvalue weighted by Gasteiger charge is -1.97. The molecule has 0 unspecified atom stereocenters.